The van der Waals surface area contributed by atoms with Crippen molar-refractivity contribution >= 4 is 23.8 Å². The van der Waals surface area contributed by atoms with Gasteiger partial charge in [-0.15, -0.1) is 0 Å². The summed E-state index contributed by atoms with van der Waals surface area (Å²) in [6.45, 7) is 4.41. The molecule has 0 aliphatic carbocycles. The number of carboxylic acid groups (broad SMARTS) is 2. The molecule has 0 radical (unpaired) electrons. The molecule has 0 rings (SSSR count). The molecular formula is C30H55NO7. The van der Waals surface area contributed by atoms with Gasteiger partial charge in [0.05, 0.1) is 12.8 Å². The maximum Gasteiger partial charge on any atom is 0.326 e. The largest absolute Gasteiger partial charge is 0.481 e. The van der Waals surface area contributed by atoms with E-state index in [1.54, 1.807) is 0 Å². The van der Waals surface area contributed by atoms with Crippen LogP contribution in [0.5, 0.6) is 0 Å². The summed E-state index contributed by atoms with van der Waals surface area (Å²) in [6, 6.07) is -1.51. The van der Waals surface area contributed by atoms with Crippen LogP contribution in [0.25, 0.3) is 0 Å². The summed E-state index contributed by atoms with van der Waals surface area (Å²) in [5.74, 6) is -3.66. The summed E-state index contributed by atoms with van der Waals surface area (Å²) in [5, 5.41) is 20.3. The van der Waals surface area contributed by atoms with Crippen LogP contribution >= 0.6 is 0 Å². The third-order valence-corrected chi connectivity index (χ3v) is 6.84. The third kappa shape index (κ3) is 23.0. The van der Waals surface area contributed by atoms with Gasteiger partial charge in [-0.25, -0.2) is 4.79 Å². The molecule has 222 valence electrons. The molecule has 0 unspecified atom stereocenters. The highest BCUT2D eigenvalue weighted by Gasteiger charge is 2.25. The smallest absolute Gasteiger partial charge is 0.326 e. The molecule has 8 heteroatoms. The molecule has 0 saturated carbocycles. The lowest BCUT2D eigenvalue weighted by Crippen LogP contribution is -2.43. The van der Waals surface area contributed by atoms with Crippen molar-refractivity contribution in [3.05, 3.63) is 0 Å². The second kappa shape index (κ2) is 25.2. The normalized spacial score (nSPS) is 12.6. The molecule has 38 heavy (non-hydrogen) atoms. The van der Waals surface area contributed by atoms with Crippen LogP contribution in [0.15, 0.2) is 0 Å². The zero-order valence-corrected chi connectivity index (χ0v) is 24.1. The molecule has 0 aromatic carbocycles. The van der Waals surface area contributed by atoms with E-state index in [-0.39, 0.29) is 12.4 Å². The summed E-state index contributed by atoms with van der Waals surface area (Å²) < 4.78 is 5.62. The van der Waals surface area contributed by atoms with Gasteiger partial charge < -0.3 is 20.3 Å². The van der Waals surface area contributed by atoms with Gasteiger partial charge in [0.2, 0.25) is 5.91 Å². The lowest BCUT2D eigenvalue weighted by atomic mass is 10.0. The van der Waals surface area contributed by atoms with Crippen LogP contribution < -0.4 is 5.32 Å². The highest BCUT2D eigenvalue weighted by atomic mass is 16.5. The highest BCUT2D eigenvalue weighted by molar-refractivity contribution is 5.87. The molecule has 8 nitrogen and oxygen atoms in total. The minimum atomic E-state index is -1.51. The van der Waals surface area contributed by atoms with E-state index in [1.807, 2.05) is 0 Å². The SMILES string of the molecule is CCCCCCCCCCCC(=O)O[C@H](CCCCCCCCCCC)CC(=O)N[C@@H](CC(=O)O)C(=O)O. The fraction of sp³-hybridized carbons (Fsp3) is 0.867. The van der Waals surface area contributed by atoms with Crippen LogP contribution in [0, 0.1) is 0 Å². The number of hydrogen-bond acceptors (Lipinski definition) is 5. The first-order chi connectivity index (χ1) is 18.3. The molecule has 0 aromatic heterocycles. The van der Waals surface area contributed by atoms with Crippen molar-refractivity contribution in [2.45, 2.75) is 167 Å². The molecule has 0 aliphatic rings. The van der Waals surface area contributed by atoms with Crippen molar-refractivity contribution < 1.29 is 34.1 Å². The number of hydrogen-bond donors (Lipinski definition) is 3. The molecule has 0 saturated heterocycles. The number of unbranched alkanes of at least 4 members (excludes halogenated alkanes) is 16. The lowest BCUT2D eigenvalue weighted by molar-refractivity contribution is -0.152. The molecule has 1 amide bonds. The van der Waals surface area contributed by atoms with Gasteiger partial charge in [0.1, 0.15) is 12.1 Å². The molecule has 0 bridgehead atoms. The van der Waals surface area contributed by atoms with Crippen molar-refractivity contribution in [1.29, 1.82) is 0 Å². The van der Waals surface area contributed by atoms with Crippen molar-refractivity contribution in [2.24, 2.45) is 0 Å². The summed E-state index contributed by atoms with van der Waals surface area (Å²) in [6.07, 6.45) is 20.0. The predicted molar refractivity (Wildman–Crippen MR) is 150 cm³/mol. The Kier molecular flexibility index (Phi) is 23.8. The molecular weight excluding hydrogens is 486 g/mol. The topological polar surface area (TPSA) is 130 Å². The van der Waals surface area contributed by atoms with Crippen LogP contribution in [-0.4, -0.2) is 46.2 Å². The van der Waals surface area contributed by atoms with E-state index in [0.29, 0.717) is 12.8 Å². The Bertz CT molecular complexity index is 638. The molecule has 2 atom stereocenters. The number of rotatable bonds is 27. The monoisotopic (exact) mass is 541 g/mol. The first-order valence-corrected chi connectivity index (χ1v) is 15.2. The Balaban J connectivity index is 4.51. The molecule has 0 heterocycles. The van der Waals surface area contributed by atoms with Crippen molar-refractivity contribution in [3.8, 4) is 0 Å². The summed E-state index contributed by atoms with van der Waals surface area (Å²) in [5.41, 5.74) is 0. The van der Waals surface area contributed by atoms with Gasteiger partial charge in [-0.3, -0.25) is 14.4 Å². The summed E-state index contributed by atoms with van der Waals surface area (Å²) in [7, 11) is 0. The zero-order chi connectivity index (χ0) is 28.4. The number of carbonyl (C=O) groups is 4. The number of esters is 1. The van der Waals surface area contributed by atoms with Crippen LogP contribution in [0.4, 0.5) is 0 Å². The summed E-state index contributed by atoms with van der Waals surface area (Å²) >= 11 is 0. The van der Waals surface area contributed by atoms with Gasteiger partial charge in [0.25, 0.3) is 0 Å². The fourth-order valence-electron chi connectivity index (χ4n) is 4.54. The van der Waals surface area contributed by atoms with E-state index < -0.39 is 36.4 Å². The van der Waals surface area contributed by atoms with E-state index in [1.165, 1.54) is 77.0 Å². The maximum atomic E-state index is 12.5. The minimum absolute atomic E-state index is 0.163. The fourth-order valence-corrected chi connectivity index (χ4v) is 4.54. The van der Waals surface area contributed by atoms with Crippen molar-refractivity contribution in [3.63, 3.8) is 0 Å². The number of amides is 1. The molecule has 0 aromatic rings. The second-order valence-corrected chi connectivity index (χ2v) is 10.6. The summed E-state index contributed by atoms with van der Waals surface area (Å²) in [4.78, 5) is 47.1. The average molecular weight is 542 g/mol. The maximum absolute atomic E-state index is 12.5. The first kappa shape index (κ1) is 35.9. The minimum Gasteiger partial charge on any atom is -0.481 e. The van der Waals surface area contributed by atoms with Crippen LogP contribution in [-0.2, 0) is 23.9 Å². The van der Waals surface area contributed by atoms with E-state index >= 15 is 0 Å². The predicted octanol–water partition coefficient (Wildman–Crippen LogP) is 7.17. The van der Waals surface area contributed by atoms with Gasteiger partial charge in [-0.1, -0.05) is 117 Å². The van der Waals surface area contributed by atoms with Crippen LogP contribution in [0.3, 0.4) is 0 Å². The number of aliphatic carboxylic acids is 2. The standard InChI is InChI=1S/C30H55NO7/c1-3-5-7-9-11-13-15-17-19-21-25(23-27(32)31-26(30(36)37)24-28(33)34)38-29(35)22-20-18-16-14-12-10-8-6-4-2/h25-26H,3-24H2,1-2H3,(H,31,32)(H,33,34)(H,36,37)/t25-,26+/m1/s1. The van der Waals surface area contributed by atoms with E-state index in [4.69, 9.17) is 9.84 Å². The third-order valence-electron chi connectivity index (χ3n) is 6.84. The molecule has 0 fully saturated rings. The van der Waals surface area contributed by atoms with Crippen LogP contribution in [0.1, 0.15) is 155 Å². The Morgan fingerprint density at radius 3 is 1.53 bits per heavy atom. The Labute approximate surface area is 230 Å². The Morgan fingerprint density at radius 2 is 1.08 bits per heavy atom. The number of nitrogens with one attached hydrogen (secondary N) is 1. The van der Waals surface area contributed by atoms with Crippen molar-refractivity contribution in [1.82, 2.24) is 5.32 Å². The molecule has 0 spiro atoms. The zero-order valence-electron chi connectivity index (χ0n) is 24.1. The number of carbonyl (C=O) groups excluding carboxylic acids is 2. The van der Waals surface area contributed by atoms with E-state index in [9.17, 15) is 24.3 Å². The van der Waals surface area contributed by atoms with E-state index in [2.05, 4.69) is 19.2 Å². The van der Waals surface area contributed by atoms with Crippen molar-refractivity contribution in [2.75, 3.05) is 0 Å². The van der Waals surface area contributed by atoms with E-state index in [0.717, 1.165) is 38.5 Å². The molecule has 3 N–H and O–H groups in total. The Hall–Kier alpha value is -2.12. The first-order valence-electron chi connectivity index (χ1n) is 15.2. The van der Waals surface area contributed by atoms with Crippen LogP contribution in [0.2, 0.25) is 0 Å². The highest BCUT2D eigenvalue weighted by Crippen LogP contribution is 2.16. The van der Waals surface area contributed by atoms with Gasteiger partial charge in [-0.05, 0) is 19.3 Å². The number of carboxylic acids is 2. The second-order valence-electron chi connectivity index (χ2n) is 10.6. The quantitative estimate of drug-likeness (QED) is 0.0742. The Morgan fingerprint density at radius 1 is 0.632 bits per heavy atom. The lowest BCUT2D eigenvalue weighted by Gasteiger charge is -2.19. The van der Waals surface area contributed by atoms with Gasteiger partial charge in [0.15, 0.2) is 0 Å². The van der Waals surface area contributed by atoms with Gasteiger partial charge >= 0.3 is 17.9 Å². The van der Waals surface area contributed by atoms with Gasteiger partial charge in [-0.2, -0.15) is 0 Å². The molecule has 0 aliphatic heterocycles. The number of ether oxygens (including phenoxy) is 1. The van der Waals surface area contributed by atoms with Gasteiger partial charge in [0, 0.05) is 6.42 Å². The average Bonchev–Trinajstić information content (AvgIpc) is 2.85.